The Morgan fingerprint density at radius 1 is 1.33 bits per heavy atom. The maximum absolute atomic E-state index is 11.0. The van der Waals surface area contributed by atoms with Gasteiger partial charge in [-0.15, -0.1) is 0 Å². The van der Waals surface area contributed by atoms with Crippen molar-refractivity contribution in [2.24, 2.45) is 0 Å². The van der Waals surface area contributed by atoms with Gasteiger partial charge in [0.1, 0.15) is 0 Å². The molecule has 1 fully saturated rings. The lowest BCUT2D eigenvalue weighted by molar-refractivity contribution is -0.137. The van der Waals surface area contributed by atoms with E-state index in [1.165, 1.54) is 0 Å². The normalized spacial score (nSPS) is 16.2. The zero-order chi connectivity index (χ0) is 13.3. The third-order valence-corrected chi connectivity index (χ3v) is 3.71. The molecule has 1 saturated carbocycles. The largest absolute Gasteiger partial charge is 0.493 e. The quantitative estimate of drug-likeness (QED) is 0.872. The van der Waals surface area contributed by atoms with E-state index in [4.69, 9.17) is 14.6 Å². The summed E-state index contributed by atoms with van der Waals surface area (Å²) in [6.07, 6.45) is 2.04. The van der Waals surface area contributed by atoms with E-state index in [1.54, 1.807) is 14.2 Å². The molecule has 0 saturated heterocycles. The number of rotatable bonds is 5. The first kappa shape index (κ1) is 12.7. The number of hydrogen-bond donors (Lipinski definition) is 1. The predicted molar refractivity (Wildman–Crippen MR) is 67.4 cm³/mol. The number of carboxylic acids is 1. The molecule has 0 radical (unpaired) electrons. The molecular weight excluding hydrogens is 232 g/mol. The van der Waals surface area contributed by atoms with Crippen molar-refractivity contribution in [3.05, 3.63) is 23.3 Å². The lowest BCUT2D eigenvalue weighted by atomic mass is 9.88. The minimum Gasteiger partial charge on any atom is -0.493 e. The highest BCUT2D eigenvalue weighted by atomic mass is 16.5. The maximum atomic E-state index is 11.0. The van der Waals surface area contributed by atoms with Gasteiger partial charge in [-0.2, -0.15) is 0 Å². The molecule has 18 heavy (non-hydrogen) atoms. The smallest absolute Gasteiger partial charge is 0.304 e. The predicted octanol–water partition coefficient (Wildman–Crippen LogP) is 2.52. The highest BCUT2D eigenvalue weighted by Crippen LogP contribution is 2.54. The van der Waals surface area contributed by atoms with Gasteiger partial charge in [0, 0.05) is 5.41 Å². The van der Waals surface area contributed by atoms with Gasteiger partial charge < -0.3 is 14.6 Å². The molecule has 0 spiro atoms. The summed E-state index contributed by atoms with van der Waals surface area (Å²) in [5.41, 5.74) is 1.85. The van der Waals surface area contributed by atoms with Crippen LogP contribution in [0.3, 0.4) is 0 Å². The molecule has 4 nitrogen and oxygen atoms in total. The van der Waals surface area contributed by atoms with Crippen molar-refractivity contribution in [2.75, 3.05) is 14.2 Å². The zero-order valence-electron chi connectivity index (χ0n) is 10.9. The van der Waals surface area contributed by atoms with Crippen LogP contribution in [0.5, 0.6) is 11.5 Å². The van der Waals surface area contributed by atoms with Crippen LogP contribution < -0.4 is 9.47 Å². The summed E-state index contributed by atoms with van der Waals surface area (Å²) in [6, 6.07) is 3.82. The standard InChI is InChI=1S/C14H18O4/c1-9-10(14(6-7-14)8-12(15)16)4-5-11(17-2)13(9)18-3/h4-5H,6-8H2,1-3H3,(H,15,16). The summed E-state index contributed by atoms with van der Waals surface area (Å²) in [7, 11) is 3.20. The fourth-order valence-electron chi connectivity index (χ4n) is 2.64. The van der Waals surface area contributed by atoms with Crippen molar-refractivity contribution >= 4 is 5.97 Å². The van der Waals surface area contributed by atoms with Gasteiger partial charge in [0.15, 0.2) is 11.5 Å². The van der Waals surface area contributed by atoms with Gasteiger partial charge in [-0.05, 0) is 37.0 Å². The molecule has 1 aliphatic carbocycles. The van der Waals surface area contributed by atoms with Gasteiger partial charge in [0.25, 0.3) is 0 Å². The fourth-order valence-corrected chi connectivity index (χ4v) is 2.64. The molecule has 0 amide bonds. The summed E-state index contributed by atoms with van der Waals surface area (Å²) in [6.45, 7) is 1.96. The first-order valence-corrected chi connectivity index (χ1v) is 5.98. The van der Waals surface area contributed by atoms with Gasteiger partial charge in [-0.3, -0.25) is 4.79 Å². The Kier molecular flexibility index (Phi) is 3.20. The van der Waals surface area contributed by atoms with Gasteiger partial charge in [0.2, 0.25) is 0 Å². The summed E-state index contributed by atoms with van der Waals surface area (Å²) < 4.78 is 10.6. The number of carbonyl (C=O) groups is 1. The van der Waals surface area contributed by atoms with E-state index in [9.17, 15) is 4.79 Å². The van der Waals surface area contributed by atoms with Crippen LogP contribution in [0, 0.1) is 6.92 Å². The second-order valence-electron chi connectivity index (χ2n) is 4.82. The molecule has 0 unspecified atom stereocenters. The maximum Gasteiger partial charge on any atom is 0.304 e. The Bertz CT molecular complexity index is 475. The van der Waals surface area contributed by atoms with E-state index in [1.807, 2.05) is 19.1 Å². The first-order valence-electron chi connectivity index (χ1n) is 5.98. The van der Waals surface area contributed by atoms with Crippen LogP contribution in [0.25, 0.3) is 0 Å². The van der Waals surface area contributed by atoms with Crippen LogP contribution in [-0.4, -0.2) is 25.3 Å². The molecule has 0 atom stereocenters. The number of ether oxygens (including phenoxy) is 2. The van der Waals surface area contributed by atoms with Crippen LogP contribution in [0.2, 0.25) is 0 Å². The average Bonchev–Trinajstić information content (AvgIpc) is 3.08. The Morgan fingerprint density at radius 3 is 2.44 bits per heavy atom. The van der Waals surface area contributed by atoms with Crippen LogP contribution >= 0.6 is 0 Å². The molecule has 1 N–H and O–H groups in total. The summed E-state index contributed by atoms with van der Waals surface area (Å²) >= 11 is 0. The SMILES string of the molecule is COc1ccc(C2(CC(=O)O)CC2)c(C)c1OC. The van der Waals surface area contributed by atoms with E-state index in [2.05, 4.69) is 0 Å². The van der Waals surface area contributed by atoms with Crippen molar-refractivity contribution in [1.29, 1.82) is 0 Å². The number of benzene rings is 1. The molecule has 0 bridgehead atoms. The van der Waals surface area contributed by atoms with E-state index >= 15 is 0 Å². The van der Waals surface area contributed by atoms with Crippen molar-refractivity contribution in [3.8, 4) is 11.5 Å². The van der Waals surface area contributed by atoms with E-state index in [0.29, 0.717) is 11.5 Å². The second-order valence-corrected chi connectivity index (χ2v) is 4.82. The minimum absolute atomic E-state index is 0.184. The molecule has 98 valence electrons. The third-order valence-electron chi connectivity index (χ3n) is 3.71. The van der Waals surface area contributed by atoms with Crippen molar-refractivity contribution < 1.29 is 19.4 Å². The molecule has 0 aliphatic heterocycles. The molecule has 1 aliphatic rings. The van der Waals surface area contributed by atoms with Gasteiger partial charge in [-0.25, -0.2) is 0 Å². The lowest BCUT2D eigenvalue weighted by Crippen LogP contribution is -2.15. The van der Waals surface area contributed by atoms with Gasteiger partial charge in [0.05, 0.1) is 20.6 Å². The summed E-state index contributed by atoms with van der Waals surface area (Å²) in [5.74, 6) is 0.637. The van der Waals surface area contributed by atoms with E-state index in [0.717, 1.165) is 24.0 Å². The van der Waals surface area contributed by atoms with Gasteiger partial charge in [-0.1, -0.05) is 6.07 Å². The molecule has 2 rings (SSSR count). The van der Waals surface area contributed by atoms with Crippen molar-refractivity contribution in [3.63, 3.8) is 0 Å². The lowest BCUT2D eigenvalue weighted by Gasteiger charge is -2.19. The van der Waals surface area contributed by atoms with Crippen LogP contribution in [0.1, 0.15) is 30.4 Å². The van der Waals surface area contributed by atoms with Crippen molar-refractivity contribution in [1.82, 2.24) is 0 Å². The van der Waals surface area contributed by atoms with Gasteiger partial charge >= 0.3 is 5.97 Å². The van der Waals surface area contributed by atoms with Crippen LogP contribution in [0.15, 0.2) is 12.1 Å². The van der Waals surface area contributed by atoms with Crippen molar-refractivity contribution in [2.45, 2.75) is 31.6 Å². The first-order chi connectivity index (χ1) is 8.54. The number of methoxy groups -OCH3 is 2. The molecule has 1 aromatic carbocycles. The zero-order valence-corrected chi connectivity index (χ0v) is 10.9. The number of aliphatic carboxylic acids is 1. The fraction of sp³-hybridized carbons (Fsp3) is 0.500. The Morgan fingerprint density at radius 2 is 2.00 bits per heavy atom. The summed E-state index contributed by atoms with van der Waals surface area (Å²) in [5, 5.41) is 9.01. The molecule has 1 aromatic rings. The van der Waals surface area contributed by atoms with Crippen LogP contribution in [0.4, 0.5) is 0 Å². The molecular formula is C14H18O4. The van der Waals surface area contributed by atoms with E-state index in [-0.39, 0.29) is 11.8 Å². The summed E-state index contributed by atoms with van der Waals surface area (Å²) in [4.78, 5) is 11.0. The second kappa shape index (κ2) is 4.52. The highest BCUT2D eigenvalue weighted by Gasteiger charge is 2.47. The Labute approximate surface area is 107 Å². The Balaban J connectivity index is 2.44. The van der Waals surface area contributed by atoms with E-state index < -0.39 is 5.97 Å². The number of hydrogen-bond acceptors (Lipinski definition) is 3. The third kappa shape index (κ3) is 2.03. The molecule has 0 heterocycles. The molecule has 0 aromatic heterocycles. The Hall–Kier alpha value is -1.71. The molecule has 4 heteroatoms. The average molecular weight is 250 g/mol. The topological polar surface area (TPSA) is 55.8 Å². The highest BCUT2D eigenvalue weighted by molar-refractivity contribution is 5.71. The van der Waals surface area contributed by atoms with Crippen LogP contribution in [-0.2, 0) is 10.2 Å². The number of carboxylic acid groups (broad SMARTS) is 1. The monoisotopic (exact) mass is 250 g/mol. The minimum atomic E-state index is -0.748.